The molecule has 1 aromatic rings. The molecule has 5 nitrogen and oxygen atoms in total. The smallest absolute Gasteiger partial charge is 0.483 e. The van der Waals surface area contributed by atoms with Gasteiger partial charge in [0.05, 0.1) is 15.0 Å². The molecule has 100 valence electrons. The van der Waals surface area contributed by atoms with Crippen molar-refractivity contribution in [2.75, 3.05) is 11.9 Å². The molecule has 0 bridgehead atoms. The van der Waals surface area contributed by atoms with Crippen LogP contribution >= 0.6 is 11.6 Å². The molecule has 2 aliphatic heterocycles. The van der Waals surface area contributed by atoms with Crippen LogP contribution in [0.3, 0.4) is 0 Å². The van der Waals surface area contributed by atoms with Crippen molar-refractivity contribution < 1.29 is 22.8 Å². The minimum absolute atomic E-state index is 0.0132. The molecule has 0 aliphatic carbocycles. The molecule has 0 saturated heterocycles. The number of fused-ring (bicyclic) bond motifs is 2. The van der Waals surface area contributed by atoms with E-state index in [0.717, 1.165) is 12.1 Å². The summed E-state index contributed by atoms with van der Waals surface area (Å²) in [7, 11) is 0. The first-order valence-electron chi connectivity index (χ1n) is 5.17. The Morgan fingerprint density at radius 2 is 2.21 bits per heavy atom. The zero-order valence-electron chi connectivity index (χ0n) is 9.16. The molecule has 0 radical (unpaired) electrons. The van der Waals surface area contributed by atoms with E-state index in [0.29, 0.717) is 0 Å². The Labute approximate surface area is 110 Å². The van der Waals surface area contributed by atoms with Gasteiger partial charge in [-0.1, -0.05) is 0 Å². The number of hydrogen-bond acceptors (Lipinski definition) is 4. The molecule has 2 atom stereocenters. The fourth-order valence-electron chi connectivity index (χ4n) is 1.89. The van der Waals surface area contributed by atoms with E-state index < -0.39 is 22.1 Å². The first kappa shape index (κ1) is 12.2. The molecule has 1 aromatic carbocycles. The van der Waals surface area contributed by atoms with Crippen molar-refractivity contribution in [1.82, 2.24) is 4.93 Å². The molecule has 0 spiro atoms. The summed E-state index contributed by atoms with van der Waals surface area (Å²) in [5.41, 5.74) is -0.890. The number of ether oxygens (including phenoxy) is 2. The maximum Gasteiger partial charge on any atom is 0.483 e. The molecule has 3 rings (SSSR count). The highest BCUT2D eigenvalue weighted by atomic mass is 35.5. The van der Waals surface area contributed by atoms with E-state index in [2.05, 4.69) is 0 Å². The zero-order chi connectivity index (χ0) is 13.8. The molecule has 0 saturated carbocycles. The first-order valence-corrected chi connectivity index (χ1v) is 5.55. The number of halogens is 4. The average Bonchev–Trinajstić information content (AvgIpc) is 2.52. The third kappa shape index (κ3) is 1.59. The number of nitrogens with zero attached hydrogens (tertiary/aromatic N) is 2. The number of nitriles is 1. The summed E-state index contributed by atoms with van der Waals surface area (Å²) < 4.78 is 51.2. The van der Waals surface area contributed by atoms with Crippen LogP contribution in [0.5, 0.6) is 11.5 Å². The van der Waals surface area contributed by atoms with Gasteiger partial charge < -0.3 is 9.47 Å². The summed E-state index contributed by atoms with van der Waals surface area (Å²) in [5, 5.41) is 7.09. The summed E-state index contributed by atoms with van der Waals surface area (Å²) in [6.45, 7) is -0.0874. The monoisotopic (exact) mass is 292 g/mol. The second-order valence-corrected chi connectivity index (χ2v) is 4.54. The Kier molecular flexibility index (Phi) is 2.30. The predicted octanol–water partition coefficient (Wildman–Crippen LogP) is 2.67. The first-order chi connectivity index (χ1) is 8.85. The number of benzene rings is 1. The van der Waals surface area contributed by atoms with Crippen LogP contribution in [0.15, 0.2) is 12.1 Å². The lowest BCUT2D eigenvalue weighted by Gasteiger charge is -2.22. The summed E-state index contributed by atoms with van der Waals surface area (Å²) in [6.07, 6.45) is -0.840. The van der Waals surface area contributed by atoms with Gasteiger partial charge in [-0.15, -0.1) is 4.39 Å². The minimum Gasteiger partial charge on any atom is -0.484 e. The lowest BCUT2D eigenvalue weighted by Crippen LogP contribution is -2.47. The van der Waals surface area contributed by atoms with Crippen molar-refractivity contribution in [1.29, 1.82) is 5.26 Å². The summed E-state index contributed by atoms with van der Waals surface area (Å²) >= 11 is 5.10. The van der Waals surface area contributed by atoms with E-state index >= 15 is 0 Å². The van der Waals surface area contributed by atoms with Crippen LogP contribution in [-0.2, 0) is 0 Å². The van der Waals surface area contributed by atoms with Gasteiger partial charge in [0.25, 0.3) is 0 Å². The van der Waals surface area contributed by atoms with Crippen LogP contribution in [0, 0.1) is 11.3 Å². The standard InChI is InChI=1S/C10H6ClF3N3O2/c11-10(12)16-6-1-9-8(2-7(6)17(10,13)14)18-4-5(3-15)19-9/h1-2,5,16H,4H2/q+1. The average molecular weight is 293 g/mol. The van der Waals surface area contributed by atoms with Gasteiger partial charge in [0.15, 0.2) is 16.4 Å². The minimum atomic E-state index is -3.46. The molecule has 2 aliphatic rings. The van der Waals surface area contributed by atoms with E-state index in [-0.39, 0.29) is 23.8 Å². The number of nitrogens with one attached hydrogen (secondary N) is 1. The normalized spacial score (nSPS) is 30.2. The molecule has 9 heteroatoms. The van der Waals surface area contributed by atoms with Gasteiger partial charge in [-0.2, -0.15) is 5.26 Å². The molecule has 19 heavy (non-hydrogen) atoms. The van der Waals surface area contributed by atoms with Crippen molar-refractivity contribution in [3.8, 4) is 17.6 Å². The molecular weight excluding hydrogens is 287 g/mol. The topological polar surface area (TPSA) is 54.3 Å². The van der Waals surface area contributed by atoms with E-state index in [1.807, 2.05) is 11.4 Å². The van der Waals surface area contributed by atoms with E-state index in [9.17, 15) is 13.4 Å². The molecule has 1 N–H and O–H groups in total. The highest BCUT2D eigenvalue weighted by Gasteiger charge is 2.66. The van der Waals surface area contributed by atoms with Gasteiger partial charge in [-0.3, -0.25) is 5.32 Å². The van der Waals surface area contributed by atoms with Crippen LogP contribution in [0.1, 0.15) is 0 Å². The van der Waals surface area contributed by atoms with Gasteiger partial charge in [0.2, 0.25) is 11.8 Å². The van der Waals surface area contributed by atoms with Crippen LogP contribution in [0.25, 0.3) is 0 Å². The third-order valence-corrected chi connectivity index (χ3v) is 3.11. The van der Waals surface area contributed by atoms with Crippen molar-refractivity contribution in [2.24, 2.45) is 0 Å². The number of rotatable bonds is 0. The fraction of sp³-hybridized carbons (Fsp3) is 0.300. The molecule has 0 aromatic heterocycles. The maximum atomic E-state index is 13.6. The quantitative estimate of drug-likeness (QED) is 0.454. The van der Waals surface area contributed by atoms with Crippen LogP contribution in [0.4, 0.5) is 24.7 Å². The molecule has 0 fully saturated rings. The largest absolute Gasteiger partial charge is 0.484 e. The maximum absolute atomic E-state index is 13.6. The Morgan fingerprint density at radius 1 is 1.47 bits per heavy atom. The number of anilines is 1. The number of hydrogen-bond donors (Lipinski definition) is 1. The Balaban J connectivity index is 2.08. The van der Waals surface area contributed by atoms with Crippen LogP contribution in [-0.4, -0.2) is 18.1 Å². The highest BCUT2D eigenvalue weighted by Crippen LogP contribution is 2.54. The zero-order valence-corrected chi connectivity index (χ0v) is 9.92. The number of alkyl halides is 2. The molecule has 2 unspecified atom stereocenters. The SMILES string of the molecule is N#CC1COc2cc3c(cc2O1)NC(F)(Cl)[N+]3(F)F. The Bertz CT molecular complexity index is 602. The van der Waals surface area contributed by atoms with Crippen molar-refractivity contribution in [3.63, 3.8) is 0 Å². The van der Waals surface area contributed by atoms with Gasteiger partial charge in [0, 0.05) is 17.7 Å². The van der Waals surface area contributed by atoms with Gasteiger partial charge >= 0.3 is 5.38 Å². The fourth-order valence-corrected chi connectivity index (χ4v) is 2.08. The van der Waals surface area contributed by atoms with Gasteiger partial charge in [-0.25, -0.2) is 0 Å². The van der Waals surface area contributed by atoms with E-state index in [4.69, 9.17) is 26.3 Å². The van der Waals surface area contributed by atoms with E-state index in [1.54, 1.807) is 0 Å². The summed E-state index contributed by atoms with van der Waals surface area (Å²) in [5.74, 6) is 0.0950. The van der Waals surface area contributed by atoms with Crippen molar-refractivity contribution >= 4 is 23.0 Å². The van der Waals surface area contributed by atoms with Crippen molar-refractivity contribution in [2.45, 2.75) is 11.5 Å². The molecule has 0 amide bonds. The lowest BCUT2D eigenvalue weighted by molar-refractivity contribution is -0.211. The number of quaternary nitrogens is 1. The predicted molar refractivity (Wildman–Crippen MR) is 59.3 cm³/mol. The van der Waals surface area contributed by atoms with Gasteiger partial charge in [-0.05, 0) is 0 Å². The Hall–Kier alpha value is -1.85. The second kappa shape index (κ2) is 3.59. The Morgan fingerprint density at radius 3 is 2.89 bits per heavy atom. The second-order valence-electron chi connectivity index (χ2n) is 4.04. The van der Waals surface area contributed by atoms with Gasteiger partial charge in [0.1, 0.15) is 18.4 Å². The van der Waals surface area contributed by atoms with Crippen molar-refractivity contribution in [3.05, 3.63) is 12.1 Å². The highest BCUT2D eigenvalue weighted by molar-refractivity contribution is 6.25. The lowest BCUT2D eigenvalue weighted by atomic mass is 10.2. The summed E-state index contributed by atoms with van der Waals surface area (Å²) in [6, 6.07) is 3.89. The molecule has 2 heterocycles. The molecular formula is C10H6ClF3N3O2+. The van der Waals surface area contributed by atoms with E-state index in [1.165, 1.54) is 0 Å². The third-order valence-electron chi connectivity index (χ3n) is 2.81. The van der Waals surface area contributed by atoms with Crippen LogP contribution < -0.4 is 19.7 Å². The van der Waals surface area contributed by atoms with Crippen LogP contribution in [0.2, 0.25) is 0 Å². The summed E-state index contributed by atoms with van der Waals surface area (Å²) in [4.78, 5) is -3.18.